The molecule has 1 fully saturated rings. The van der Waals surface area contributed by atoms with Crippen molar-refractivity contribution in [3.8, 4) is 0 Å². The van der Waals surface area contributed by atoms with E-state index in [1.54, 1.807) is 0 Å². The lowest BCUT2D eigenvalue weighted by molar-refractivity contribution is -0.167. The van der Waals surface area contributed by atoms with Gasteiger partial charge in [0.05, 0.1) is 18.6 Å². The standard InChI is InChI=1S/C27H41NO4.C2H6/c1-8-31-26(30)25(32-27(5,6)7)24-18(3)17(2)22-16-28(15-20-12-10-9-11-13-20)23(29)14-21(22)19(24)4;1-2/h20,25H,8-16H2,1-7H3;1-2H3/t25-;/m0./s1. The van der Waals surface area contributed by atoms with Crippen molar-refractivity contribution in [2.24, 2.45) is 5.92 Å². The molecule has 0 spiro atoms. The molecule has 1 aromatic rings. The summed E-state index contributed by atoms with van der Waals surface area (Å²) in [6, 6.07) is 0. The first-order chi connectivity index (χ1) is 16.0. The molecule has 1 aliphatic carbocycles. The van der Waals surface area contributed by atoms with Crippen molar-refractivity contribution in [2.75, 3.05) is 13.2 Å². The van der Waals surface area contributed by atoms with E-state index in [1.165, 1.54) is 37.7 Å². The van der Waals surface area contributed by atoms with Crippen molar-refractivity contribution >= 4 is 11.9 Å². The maximum absolute atomic E-state index is 13.1. The van der Waals surface area contributed by atoms with Crippen LogP contribution in [0.25, 0.3) is 0 Å². The van der Waals surface area contributed by atoms with Crippen molar-refractivity contribution < 1.29 is 19.1 Å². The van der Waals surface area contributed by atoms with Crippen LogP contribution in [-0.4, -0.2) is 35.5 Å². The summed E-state index contributed by atoms with van der Waals surface area (Å²) in [5.41, 5.74) is 5.90. The van der Waals surface area contributed by atoms with E-state index in [2.05, 4.69) is 18.7 Å². The highest BCUT2D eigenvalue weighted by molar-refractivity contribution is 5.83. The Morgan fingerprint density at radius 1 is 1.00 bits per heavy atom. The maximum atomic E-state index is 13.1. The average Bonchev–Trinajstić information content (AvgIpc) is 2.79. The molecule has 0 saturated heterocycles. The van der Waals surface area contributed by atoms with Crippen LogP contribution in [0, 0.1) is 26.7 Å². The van der Waals surface area contributed by atoms with Gasteiger partial charge in [0.15, 0.2) is 6.10 Å². The number of rotatable bonds is 6. The largest absolute Gasteiger partial charge is 0.464 e. The first-order valence-electron chi connectivity index (χ1n) is 13.3. The summed E-state index contributed by atoms with van der Waals surface area (Å²) < 4.78 is 11.6. The lowest BCUT2D eigenvalue weighted by atomic mass is 9.82. The molecular formula is C29H47NO4. The molecule has 1 aliphatic heterocycles. The lowest BCUT2D eigenvalue weighted by Crippen LogP contribution is -2.41. The Morgan fingerprint density at radius 3 is 2.18 bits per heavy atom. The predicted octanol–water partition coefficient (Wildman–Crippen LogP) is 6.52. The van der Waals surface area contributed by atoms with Crippen LogP contribution in [0.5, 0.6) is 0 Å². The zero-order valence-electron chi connectivity index (χ0n) is 23.1. The Bertz CT molecular complexity index is 862. The first kappa shape index (κ1) is 28.4. The Morgan fingerprint density at radius 2 is 1.62 bits per heavy atom. The van der Waals surface area contributed by atoms with E-state index in [-0.39, 0.29) is 11.9 Å². The fraction of sp³-hybridized carbons (Fsp3) is 0.724. The molecule has 1 atom stereocenters. The van der Waals surface area contributed by atoms with Gasteiger partial charge < -0.3 is 14.4 Å². The minimum atomic E-state index is -0.797. The summed E-state index contributed by atoms with van der Waals surface area (Å²) >= 11 is 0. The van der Waals surface area contributed by atoms with Crippen molar-refractivity contribution in [1.29, 1.82) is 0 Å². The summed E-state index contributed by atoms with van der Waals surface area (Å²) in [6.07, 6.45) is 5.96. The first-order valence-corrected chi connectivity index (χ1v) is 13.3. The number of benzene rings is 1. The summed E-state index contributed by atoms with van der Waals surface area (Å²) in [7, 11) is 0. The van der Waals surface area contributed by atoms with Gasteiger partial charge >= 0.3 is 5.97 Å². The summed E-state index contributed by atoms with van der Waals surface area (Å²) in [5.74, 6) is 0.461. The van der Waals surface area contributed by atoms with Crippen LogP contribution >= 0.6 is 0 Å². The lowest BCUT2D eigenvalue weighted by Gasteiger charge is -2.37. The third-order valence-corrected chi connectivity index (χ3v) is 7.11. The molecule has 0 bridgehead atoms. The van der Waals surface area contributed by atoms with E-state index in [1.807, 2.05) is 48.5 Å². The van der Waals surface area contributed by atoms with Gasteiger partial charge in [0.2, 0.25) is 5.91 Å². The normalized spacial score (nSPS) is 17.6. The van der Waals surface area contributed by atoms with Crippen LogP contribution in [0.4, 0.5) is 0 Å². The molecule has 1 heterocycles. The number of carbonyl (C=O) groups is 2. The summed E-state index contributed by atoms with van der Waals surface area (Å²) in [6.45, 7) is 19.7. The highest BCUT2D eigenvalue weighted by atomic mass is 16.6. The maximum Gasteiger partial charge on any atom is 0.339 e. The van der Waals surface area contributed by atoms with Gasteiger partial charge in [0.1, 0.15) is 0 Å². The van der Waals surface area contributed by atoms with Gasteiger partial charge in [-0.1, -0.05) is 33.1 Å². The molecule has 1 aromatic carbocycles. The topological polar surface area (TPSA) is 55.8 Å². The molecule has 0 radical (unpaired) electrons. The number of hydrogen-bond acceptors (Lipinski definition) is 4. The third-order valence-electron chi connectivity index (χ3n) is 7.11. The molecule has 1 amide bonds. The van der Waals surface area contributed by atoms with E-state index in [0.29, 0.717) is 25.5 Å². The summed E-state index contributed by atoms with van der Waals surface area (Å²) in [5, 5.41) is 0. The van der Waals surface area contributed by atoms with Crippen LogP contribution in [0.15, 0.2) is 0 Å². The minimum Gasteiger partial charge on any atom is -0.464 e. The number of hydrogen-bond donors (Lipinski definition) is 0. The van der Waals surface area contributed by atoms with Gasteiger partial charge in [-0.3, -0.25) is 4.79 Å². The predicted molar refractivity (Wildman–Crippen MR) is 138 cm³/mol. The van der Waals surface area contributed by atoms with Gasteiger partial charge in [0.25, 0.3) is 0 Å². The molecule has 3 rings (SSSR count). The quantitative estimate of drug-likeness (QED) is 0.441. The van der Waals surface area contributed by atoms with Crippen molar-refractivity contribution in [2.45, 2.75) is 119 Å². The average molecular weight is 474 g/mol. The smallest absolute Gasteiger partial charge is 0.339 e. The van der Waals surface area contributed by atoms with Crippen LogP contribution in [0.1, 0.15) is 113 Å². The van der Waals surface area contributed by atoms with E-state index in [4.69, 9.17) is 9.47 Å². The van der Waals surface area contributed by atoms with Crippen LogP contribution in [0.3, 0.4) is 0 Å². The molecule has 1 saturated carbocycles. The highest BCUT2D eigenvalue weighted by Crippen LogP contribution is 2.38. The van der Waals surface area contributed by atoms with Crippen molar-refractivity contribution in [3.05, 3.63) is 33.4 Å². The van der Waals surface area contributed by atoms with E-state index in [0.717, 1.165) is 34.4 Å². The number of nitrogens with zero attached hydrogens (tertiary/aromatic N) is 1. The monoisotopic (exact) mass is 473 g/mol. The molecule has 0 N–H and O–H groups in total. The second-order valence-electron chi connectivity index (χ2n) is 10.6. The molecule has 2 aliphatic rings. The Hall–Kier alpha value is -1.88. The minimum absolute atomic E-state index is 0.199. The number of fused-ring (bicyclic) bond motifs is 1. The van der Waals surface area contributed by atoms with Gasteiger partial charge in [-0.05, 0) is 101 Å². The molecule has 192 valence electrons. The van der Waals surface area contributed by atoms with Crippen LogP contribution < -0.4 is 0 Å². The SMILES string of the molecule is CC.CCOC(=O)[C@@H](OC(C)(C)C)c1c(C)c(C)c2c(c1C)CC(=O)N(CC1CCCCC1)C2. The molecular weight excluding hydrogens is 426 g/mol. The van der Waals surface area contributed by atoms with Gasteiger partial charge in [-0.2, -0.15) is 0 Å². The molecule has 34 heavy (non-hydrogen) atoms. The number of amides is 1. The molecule has 5 heteroatoms. The fourth-order valence-corrected chi connectivity index (χ4v) is 5.36. The Labute approximate surface area is 207 Å². The van der Waals surface area contributed by atoms with Gasteiger partial charge in [0, 0.05) is 13.1 Å². The molecule has 0 aromatic heterocycles. The zero-order chi connectivity index (χ0) is 25.6. The second-order valence-corrected chi connectivity index (χ2v) is 10.6. The molecule has 0 unspecified atom stereocenters. The Balaban J connectivity index is 0.00000199. The highest BCUT2D eigenvalue weighted by Gasteiger charge is 2.35. The van der Waals surface area contributed by atoms with E-state index < -0.39 is 11.7 Å². The number of esters is 1. The number of carbonyl (C=O) groups excluding carboxylic acids is 2. The zero-order valence-corrected chi connectivity index (χ0v) is 23.1. The van der Waals surface area contributed by atoms with Gasteiger partial charge in [-0.25, -0.2) is 4.79 Å². The van der Waals surface area contributed by atoms with Crippen LogP contribution in [0.2, 0.25) is 0 Å². The van der Waals surface area contributed by atoms with Crippen LogP contribution in [-0.2, 0) is 32.0 Å². The third kappa shape index (κ3) is 6.62. The van der Waals surface area contributed by atoms with Crippen molar-refractivity contribution in [3.63, 3.8) is 0 Å². The van der Waals surface area contributed by atoms with Crippen molar-refractivity contribution in [1.82, 2.24) is 4.90 Å². The molecule has 5 nitrogen and oxygen atoms in total. The fourth-order valence-electron chi connectivity index (χ4n) is 5.36. The Kier molecular flexibility index (Phi) is 10.2. The van der Waals surface area contributed by atoms with E-state index >= 15 is 0 Å². The second kappa shape index (κ2) is 12.2. The van der Waals surface area contributed by atoms with E-state index in [9.17, 15) is 9.59 Å². The number of ether oxygens (including phenoxy) is 2. The van der Waals surface area contributed by atoms with Gasteiger partial charge in [-0.15, -0.1) is 0 Å². The summed E-state index contributed by atoms with van der Waals surface area (Å²) in [4.78, 5) is 28.1.